The molecule has 0 bridgehead atoms. The molecule has 1 atom stereocenters. The van der Waals surface area contributed by atoms with Gasteiger partial charge >= 0.3 is 0 Å². The van der Waals surface area contributed by atoms with Crippen LogP contribution in [0.3, 0.4) is 0 Å². The molecule has 1 aromatic heterocycles. The third-order valence-electron chi connectivity index (χ3n) is 4.27. The summed E-state index contributed by atoms with van der Waals surface area (Å²) >= 11 is 3.38. The Morgan fingerprint density at radius 1 is 1.26 bits per heavy atom. The zero-order valence-corrected chi connectivity index (χ0v) is 16.3. The van der Waals surface area contributed by atoms with E-state index in [0.29, 0.717) is 23.3 Å². The van der Waals surface area contributed by atoms with Gasteiger partial charge in [0.1, 0.15) is 5.75 Å². The summed E-state index contributed by atoms with van der Waals surface area (Å²) in [6.07, 6.45) is 1.56. The van der Waals surface area contributed by atoms with E-state index >= 15 is 0 Å². The van der Waals surface area contributed by atoms with Crippen molar-refractivity contribution in [2.75, 3.05) is 5.32 Å². The van der Waals surface area contributed by atoms with Gasteiger partial charge in [0.15, 0.2) is 11.9 Å². The molecule has 1 N–H and O–H groups in total. The normalized spacial score (nSPS) is 14.6. The molecule has 1 heterocycles. The van der Waals surface area contributed by atoms with Crippen LogP contribution < -0.4 is 10.1 Å². The number of tetrazole rings is 1. The number of rotatable bonds is 6. The molecule has 8 heteroatoms. The van der Waals surface area contributed by atoms with E-state index in [0.717, 1.165) is 22.9 Å². The first-order valence-corrected chi connectivity index (χ1v) is 9.51. The van der Waals surface area contributed by atoms with Gasteiger partial charge in [0.25, 0.3) is 5.91 Å². The summed E-state index contributed by atoms with van der Waals surface area (Å²) in [5, 5.41) is 14.9. The highest BCUT2D eigenvalue weighted by Crippen LogP contribution is 2.36. The smallest absolute Gasteiger partial charge is 0.265 e. The van der Waals surface area contributed by atoms with Crippen LogP contribution in [0, 0.1) is 0 Å². The standard InChI is InChI=1S/C19H18BrN5O2/c1-12(27-17-9-5-14(20)6-10-17)19(26)21-15-4-2-3-13(11-15)18-22-23-24-25(18)16-7-8-16/h2-6,9-12,16H,7-8H2,1H3,(H,21,26). The summed E-state index contributed by atoms with van der Waals surface area (Å²) < 4.78 is 8.50. The molecule has 1 aliphatic rings. The van der Waals surface area contributed by atoms with E-state index in [2.05, 4.69) is 36.8 Å². The fourth-order valence-corrected chi connectivity index (χ4v) is 2.96. The van der Waals surface area contributed by atoms with E-state index in [1.54, 1.807) is 6.92 Å². The predicted octanol–water partition coefficient (Wildman–Crippen LogP) is 3.84. The van der Waals surface area contributed by atoms with Gasteiger partial charge in [0.05, 0.1) is 6.04 Å². The Balaban J connectivity index is 1.45. The number of aromatic nitrogens is 4. The highest BCUT2D eigenvalue weighted by molar-refractivity contribution is 9.10. The number of ether oxygens (including phenoxy) is 1. The molecule has 138 valence electrons. The molecule has 0 radical (unpaired) electrons. The molecular formula is C19H18BrN5O2. The Morgan fingerprint density at radius 2 is 2.04 bits per heavy atom. The van der Waals surface area contributed by atoms with Gasteiger partial charge < -0.3 is 10.1 Å². The van der Waals surface area contributed by atoms with E-state index in [1.807, 2.05) is 53.2 Å². The van der Waals surface area contributed by atoms with Crippen LogP contribution in [0.5, 0.6) is 5.75 Å². The van der Waals surface area contributed by atoms with Crippen molar-refractivity contribution in [1.82, 2.24) is 20.2 Å². The number of nitrogens with one attached hydrogen (secondary N) is 1. The Hall–Kier alpha value is -2.74. The van der Waals surface area contributed by atoms with Crippen molar-refractivity contribution in [3.8, 4) is 17.1 Å². The van der Waals surface area contributed by atoms with E-state index in [1.165, 1.54) is 0 Å². The minimum absolute atomic E-state index is 0.225. The SMILES string of the molecule is CC(Oc1ccc(Br)cc1)C(=O)Nc1cccc(-c2nnnn2C2CC2)c1. The molecule has 1 aliphatic carbocycles. The van der Waals surface area contributed by atoms with E-state index < -0.39 is 6.10 Å². The summed E-state index contributed by atoms with van der Waals surface area (Å²) in [5.74, 6) is 1.13. The number of halogens is 1. The molecule has 1 amide bonds. The lowest BCUT2D eigenvalue weighted by atomic mass is 10.2. The highest BCUT2D eigenvalue weighted by atomic mass is 79.9. The number of carbonyl (C=O) groups excluding carboxylic acids is 1. The number of hydrogen-bond acceptors (Lipinski definition) is 5. The number of anilines is 1. The molecule has 4 rings (SSSR count). The second kappa shape index (κ2) is 7.48. The van der Waals surface area contributed by atoms with Crippen LogP contribution in [0.2, 0.25) is 0 Å². The summed E-state index contributed by atoms with van der Waals surface area (Å²) in [7, 11) is 0. The molecule has 1 unspecified atom stereocenters. The maximum Gasteiger partial charge on any atom is 0.265 e. The molecule has 7 nitrogen and oxygen atoms in total. The molecule has 0 saturated heterocycles. The first-order valence-electron chi connectivity index (χ1n) is 8.71. The Bertz CT molecular complexity index is 953. The number of amides is 1. The Labute approximate surface area is 164 Å². The van der Waals surface area contributed by atoms with Crippen LogP contribution in [0.15, 0.2) is 53.0 Å². The number of hydrogen-bond donors (Lipinski definition) is 1. The lowest BCUT2D eigenvalue weighted by molar-refractivity contribution is -0.122. The van der Waals surface area contributed by atoms with Crippen molar-refractivity contribution in [1.29, 1.82) is 0 Å². The van der Waals surface area contributed by atoms with Gasteiger partial charge in [0, 0.05) is 15.7 Å². The molecule has 2 aromatic carbocycles. The molecular weight excluding hydrogens is 410 g/mol. The third kappa shape index (κ3) is 4.16. The lowest BCUT2D eigenvalue weighted by Crippen LogP contribution is -2.30. The zero-order chi connectivity index (χ0) is 18.8. The minimum atomic E-state index is -0.633. The predicted molar refractivity (Wildman–Crippen MR) is 104 cm³/mol. The number of nitrogens with zero attached hydrogens (tertiary/aromatic N) is 4. The largest absolute Gasteiger partial charge is 0.481 e. The van der Waals surface area contributed by atoms with Crippen LogP contribution in [-0.4, -0.2) is 32.2 Å². The van der Waals surface area contributed by atoms with Gasteiger partial charge in [-0.25, -0.2) is 4.68 Å². The fourth-order valence-electron chi connectivity index (χ4n) is 2.70. The molecule has 0 spiro atoms. The molecule has 3 aromatic rings. The van der Waals surface area contributed by atoms with Crippen molar-refractivity contribution in [3.63, 3.8) is 0 Å². The van der Waals surface area contributed by atoms with Crippen molar-refractivity contribution in [2.45, 2.75) is 31.9 Å². The molecule has 27 heavy (non-hydrogen) atoms. The van der Waals surface area contributed by atoms with E-state index in [4.69, 9.17) is 4.74 Å². The van der Waals surface area contributed by atoms with E-state index in [-0.39, 0.29) is 5.91 Å². The quantitative estimate of drug-likeness (QED) is 0.645. The minimum Gasteiger partial charge on any atom is -0.481 e. The summed E-state index contributed by atoms with van der Waals surface area (Å²) in [6, 6.07) is 15.2. The first kappa shape index (κ1) is 17.7. The molecule has 1 saturated carbocycles. The van der Waals surface area contributed by atoms with Gasteiger partial charge in [-0.3, -0.25) is 4.79 Å². The van der Waals surface area contributed by atoms with Gasteiger partial charge in [0.2, 0.25) is 0 Å². The van der Waals surface area contributed by atoms with Crippen LogP contribution in [0.4, 0.5) is 5.69 Å². The average molecular weight is 428 g/mol. The maximum absolute atomic E-state index is 12.5. The van der Waals surface area contributed by atoms with Crippen LogP contribution >= 0.6 is 15.9 Å². The van der Waals surface area contributed by atoms with E-state index in [9.17, 15) is 4.79 Å². The fraction of sp³-hybridized carbons (Fsp3) is 0.263. The van der Waals surface area contributed by atoms with Gasteiger partial charge in [-0.1, -0.05) is 28.1 Å². The van der Waals surface area contributed by atoms with Crippen molar-refractivity contribution >= 4 is 27.5 Å². The summed E-state index contributed by atoms with van der Waals surface area (Å²) in [5.41, 5.74) is 1.54. The highest BCUT2D eigenvalue weighted by Gasteiger charge is 2.28. The van der Waals surface area contributed by atoms with Gasteiger partial charge in [-0.15, -0.1) is 5.10 Å². The maximum atomic E-state index is 12.5. The average Bonchev–Trinajstić information content (AvgIpc) is 3.40. The van der Waals surface area contributed by atoms with Crippen molar-refractivity contribution in [2.24, 2.45) is 0 Å². The summed E-state index contributed by atoms with van der Waals surface area (Å²) in [6.45, 7) is 1.72. The van der Waals surface area contributed by atoms with Crippen LogP contribution in [0.1, 0.15) is 25.8 Å². The second-order valence-corrected chi connectivity index (χ2v) is 7.38. The van der Waals surface area contributed by atoms with Gasteiger partial charge in [-0.2, -0.15) is 0 Å². The van der Waals surface area contributed by atoms with Crippen LogP contribution in [0.25, 0.3) is 11.4 Å². The second-order valence-electron chi connectivity index (χ2n) is 6.46. The molecule has 0 aliphatic heterocycles. The first-order chi connectivity index (χ1) is 13.1. The molecule has 1 fully saturated rings. The van der Waals surface area contributed by atoms with Gasteiger partial charge in [-0.05, 0) is 66.6 Å². The Kier molecular flexibility index (Phi) is 4.89. The van der Waals surface area contributed by atoms with Crippen LogP contribution in [-0.2, 0) is 4.79 Å². The summed E-state index contributed by atoms with van der Waals surface area (Å²) in [4.78, 5) is 12.5. The number of carbonyl (C=O) groups is 1. The van der Waals surface area contributed by atoms with Crippen molar-refractivity contribution < 1.29 is 9.53 Å². The zero-order valence-electron chi connectivity index (χ0n) is 14.7. The monoisotopic (exact) mass is 427 g/mol. The van der Waals surface area contributed by atoms with Crippen molar-refractivity contribution in [3.05, 3.63) is 53.0 Å². The third-order valence-corrected chi connectivity index (χ3v) is 4.80. The lowest BCUT2D eigenvalue weighted by Gasteiger charge is -2.15. The Morgan fingerprint density at radius 3 is 2.78 bits per heavy atom. The topological polar surface area (TPSA) is 81.9 Å². The number of benzene rings is 2.